The SMILES string of the molecule is O=C1NCC(c2cc(N3CCC(CO)(CCl)C3)c3nccn3n2)C(=O)N1. The van der Waals surface area contributed by atoms with Gasteiger partial charge in [0.25, 0.3) is 0 Å². The Hall–Kier alpha value is -2.39. The molecule has 2 aliphatic rings. The van der Waals surface area contributed by atoms with Gasteiger partial charge in [0.15, 0.2) is 5.65 Å². The maximum absolute atomic E-state index is 12.2. The van der Waals surface area contributed by atoms with E-state index in [-0.39, 0.29) is 24.5 Å². The fraction of sp³-hybridized carbons (Fsp3) is 0.500. The monoisotopic (exact) mass is 378 g/mol. The first-order chi connectivity index (χ1) is 12.5. The Morgan fingerprint density at radius 3 is 2.96 bits per heavy atom. The number of alkyl halides is 1. The van der Waals surface area contributed by atoms with E-state index in [0.717, 1.165) is 18.7 Å². The van der Waals surface area contributed by atoms with Gasteiger partial charge >= 0.3 is 6.03 Å². The van der Waals surface area contributed by atoms with E-state index in [0.29, 0.717) is 23.8 Å². The minimum absolute atomic E-state index is 0.0206. The van der Waals surface area contributed by atoms with Crippen LogP contribution in [0.2, 0.25) is 0 Å². The van der Waals surface area contributed by atoms with Crippen molar-refractivity contribution in [3.63, 3.8) is 0 Å². The van der Waals surface area contributed by atoms with Gasteiger partial charge in [-0.15, -0.1) is 11.6 Å². The Kier molecular flexibility index (Phi) is 4.20. The van der Waals surface area contributed by atoms with Crippen molar-refractivity contribution in [3.05, 3.63) is 24.2 Å². The molecule has 3 N–H and O–H groups in total. The van der Waals surface area contributed by atoms with Crippen molar-refractivity contribution in [1.82, 2.24) is 25.2 Å². The van der Waals surface area contributed by atoms with E-state index < -0.39 is 11.9 Å². The Morgan fingerprint density at radius 1 is 1.42 bits per heavy atom. The van der Waals surface area contributed by atoms with Gasteiger partial charge in [-0.2, -0.15) is 5.10 Å². The van der Waals surface area contributed by atoms with Crippen LogP contribution in [0.5, 0.6) is 0 Å². The standard InChI is InChI=1S/C16H19ClN6O3/c17-7-16(9-24)1-3-22(8-16)12-5-11(21-23-4-2-18-13(12)23)10-6-19-15(26)20-14(10)25/h2,4-5,10,24H,1,3,6-9H2,(H2,19,20,25,26). The molecule has 4 rings (SSSR count). The molecule has 26 heavy (non-hydrogen) atoms. The van der Waals surface area contributed by atoms with Crippen LogP contribution in [-0.2, 0) is 4.79 Å². The maximum atomic E-state index is 12.2. The number of carbonyl (C=O) groups excluding carboxylic acids is 2. The summed E-state index contributed by atoms with van der Waals surface area (Å²) in [7, 11) is 0. The van der Waals surface area contributed by atoms with Gasteiger partial charge in [0.1, 0.15) is 0 Å². The van der Waals surface area contributed by atoms with Crippen molar-refractivity contribution in [2.45, 2.75) is 12.3 Å². The number of nitrogens with zero attached hydrogens (tertiary/aromatic N) is 4. The van der Waals surface area contributed by atoms with E-state index in [1.807, 2.05) is 6.07 Å². The number of carbonyl (C=O) groups is 2. The molecule has 2 atom stereocenters. The molecular formula is C16H19ClN6O3. The number of halogens is 1. The van der Waals surface area contributed by atoms with E-state index in [1.54, 1.807) is 16.9 Å². The Morgan fingerprint density at radius 2 is 2.27 bits per heavy atom. The van der Waals surface area contributed by atoms with Crippen molar-refractivity contribution in [3.8, 4) is 0 Å². The summed E-state index contributed by atoms with van der Waals surface area (Å²) in [6.07, 6.45) is 4.14. The number of imide groups is 1. The number of aliphatic hydroxyl groups is 1. The van der Waals surface area contributed by atoms with E-state index >= 15 is 0 Å². The summed E-state index contributed by atoms with van der Waals surface area (Å²) < 4.78 is 1.63. The number of nitrogens with one attached hydrogen (secondary N) is 2. The number of fused-ring (bicyclic) bond motifs is 1. The van der Waals surface area contributed by atoms with Crippen molar-refractivity contribution >= 4 is 34.9 Å². The van der Waals surface area contributed by atoms with Crippen LogP contribution in [0.3, 0.4) is 0 Å². The van der Waals surface area contributed by atoms with Gasteiger partial charge in [-0.1, -0.05) is 0 Å². The largest absolute Gasteiger partial charge is 0.396 e. The van der Waals surface area contributed by atoms with E-state index in [9.17, 15) is 14.7 Å². The van der Waals surface area contributed by atoms with Crippen LogP contribution < -0.4 is 15.5 Å². The number of aliphatic hydroxyl groups excluding tert-OH is 1. The Bertz CT molecular complexity index is 865. The van der Waals surface area contributed by atoms with Crippen LogP contribution in [0.1, 0.15) is 18.0 Å². The molecule has 2 saturated heterocycles. The molecule has 0 spiro atoms. The van der Waals surface area contributed by atoms with Crippen LogP contribution in [0.15, 0.2) is 18.5 Å². The van der Waals surface area contributed by atoms with E-state index in [1.165, 1.54) is 0 Å². The lowest BCUT2D eigenvalue weighted by Crippen LogP contribution is -2.51. The first-order valence-electron chi connectivity index (χ1n) is 8.40. The number of imidazole rings is 1. The normalized spacial score (nSPS) is 26.2. The molecule has 2 aromatic heterocycles. The number of amides is 3. The lowest BCUT2D eigenvalue weighted by molar-refractivity contribution is -0.122. The van der Waals surface area contributed by atoms with Crippen molar-refractivity contribution < 1.29 is 14.7 Å². The van der Waals surface area contributed by atoms with Crippen LogP contribution in [0, 0.1) is 5.41 Å². The number of anilines is 1. The fourth-order valence-electron chi connectivity index (χ4n) is 3.51. The molecule has 3 amide bonds. The number of hydrogen-bond acceptors (Lipinski definition) is 6. The van der Waals surface area contributed by atoms with Gasteiger partial charge in [-0.25, -0.2) is 14.3 Å². The quantitative estimate of drug-likeness (QED) is 0.650. The first-order valence-corrected chi connectivity index (χ1v) is 8.93. The van der Waals surface area contributed by atoms with Gasteiger partial charge < -0.3 is 15.3 Å². The number of rotatable bonds is 4. The molecule has 2 fully saturated rings. The maximum Gasteiger partial charge on any atom is 0.321 e. The van der Waals surface area contributed by atoms with Gasteiger partial charge in [0, 0.05) is 43.3 Å². The van der Waals surface area contributed by atoms with Crippen LogP contribution >= 0.6 is 11.6 Å². The summed E-state index contributed by atoms with van der Waals surface area (Å²) in [5.41, 5.74) is 1.72. The third-order valence-corrected chi connectivity index (χ3v) is 5.70. The molecule has 9 nitrogen and oxygen atoms in total. The van der Waals surface area contributed by atoms with Gasteiger partial charge in [0.2, 0.25) is 5.91 Å². The first kappa shape index (κ1) is 17.0. The topological polar surface area (TPSA) is 112 Å². The zero-order valence-corrected chi connectivity index (χ0v) is 14.7. The van der Waals surface area contributed by atoms with Crippen LogP contribution in [0.25, 0.3) is 5.65 Å². The molecule has 0 bridgehead atoms. The molecule has 2 aromatic rings. The summed E-state index contributed by atoms with van der Waals surface area (Å²) >= 11 is 6.09. The molecule has 4 heterocycles. The average molecular weight is 379 g/mol. The number of aromatic nitrogens is 3. The molecule has 0 saturated carbocycles. The zero-order chi connectivity index (χ0) is 18.3. The summed E-state index contributed by atoms with van der Waals surface area (Å²) in [5.74, 6) is -0.574. The lowest BCUT2D eigenvalue weighted by atomic mass is 9.91. The Labute approximate surface area is 154 Å². The predicted octanol–water partition coefficient (Wildman–Crippen LogP) is 0.0799. The minimum Gasteiger partial charge on any atom is -0.396 e. The summed E-state index contributed by atoms with van der Waals surface area (Å²) in [6, 6.07) is 1.34. The smallest absolute Gasteiger partial charge is 0.321 e. The van der Waals surface area contributed by atoms with Gasteiger partial charge in [-0.3, -0.25) is 10.1 Å². The number of urea groups is 1. The predicted molar refractivity (Wildman–Crippen MR) is 94.3 cm³/mol. The highest BCUT2D eigenvalue weighted by atomic mass is 35.5. The zero-order valence-electron chi connectivity index (χ0n) is 14.0. The van der Waals surface area contributed by atoms with Crippen molar-refractivity contribution in [2.24, 2.45) is 5.41 Å². The van der Waals surface area contributed by atoms with Crippen molar-refractivity contribution in [1.29, 1.82) is 0 Å². The van der Waals surface area contributed by atoms with Gasteiger partial charge in [0.05, 0.1) is 23.9 Å². The second-order valence-electron chi connectivity index (χ2n) is 6.87. The molecular weight excluding hydrogens is 360 g/mol. The minimum atomic E-state index is -0.573. The van der Waals surface area contributed by atoms with Crippen LogP contribution in [-0.4, -0.2) is 63.8 Å². The molecule has 138 valence electrons. The molecule has 0 radical (unpaired) electrons. The van der Waals surface area contributed by atoms with Crippen molar-refractivity contribution in [2.75, 3.05) is 37.0 Å². The Balaban J connectivity index is 1.72. The lowest BCUT2D eigenvalue weighted by Gasteiger charge is -2.26. The molecule has 2 aliphatic heterocycles. The van der Waals surface area contributed by atoms with E-state index in [2.05, 4.69) is 25.6 Å². The molecule has 0 aromatic carbocycles. The molecule has 0 aliphatic carbocycles. The second-order valence-corrected chi connectivity index (χ2v) is 7.13. The average Bonchev–Trinajstić information content (AvgIpc) is 3.28. The summed E-state index contributed by atoms with van der Waals surface area (Å²) in [4.78, 5) is 30.0. The highest BCUT2D eigenvalue weighted by molar-refractivity contribution is 6.18. The molecule has 10 heteroatoms. The second kappa shape index (κ2) is 6.40. The highest BCUT2D eigenvalue weighted by Gasteiger charge is 2.38. The third-order valence-electron chi connectivity index (χ3n) is 5.13. The summed E-state index contributed by atoms with van der Waals surface area (Å²) in [6.45, 7) is 1.55. The van der Waals surface area contributed by atoms with Gasteiger partial charge in [-0.05, 0) is 12.5 Å². The van der Waals surface area contributed by atoms with E-state index in [4.69, 9.17) is 11.6 Å². The number of hydrogen-bond donors (Lipinski definition) is 3. The highest BCUT2D eigenvalue weighted by Crippen LogP contribution is 2.36. The third kappa shape index (κ3) is 2.77. The summed E-state index contributed by atoms with van der Waals surface area (Å²) in [5, 5.41) is 19.1. The fourth-order valence-corrected chi connectivity index (χ4v) is 3.82. The van der Waals surface area contributed by atoms with Crippen LogP contribution in [0.4, 0.5) is 10.5 Å². The molecule has 2 unspecified atom stereocenters.